The molecule has 6 heteroatoms. The summed E-state index contributed by atoms with van der Waals surface area (Å²) in [5.74, 6) is 0.105. The summed E-state index contributed by atoms with van der Waals surface area (Å²) in [5.41, 5.74) is 0. The molecule has 2 N–H and O–H groups in total. The molecule has 94 valence electrons. The lowest BCUT2D eigenvalue weighted by Crippen LogP contribution is -2.24. The summed E-state index contributed by atoms with van der Waals surface area (Å²) in [4.78, 5) is 7.34. The van der Waals surface area contributed by atoms with Crippen LogP contribution in [-0.2, 0) is 0 Å². The van der Waals surface area contributed by atoms with Gasteiger partial charge in [0.25, 0.3) is 0 Å². The number of aliphatic hydroxyl groups is 1. The van der Waals surface area contributed by atoms with E-state index in [0.29, 0.717) is 12.5 Å². The maximum atomic E-state index is 13.3. The molecule has 0 saturated heterocycles. The van der Waals surface area contributed by atoms with Gasteiger partial charge < -0.3 is 10.4 Å². The van der Waals surface area contributed by atoms with Crippen LogP contribution in [0.2, 0.25) is 5.28 Å². The van der Waals surface area contributed by atoms with Crippen molar-refractivity contribution < 1.29 is 9.50 Å². The molecule has 1 fully saturated rings. The highest BCUT2D eigenvalue weighted by Gasteiger charge is 2.19. The minimum Gasteiger partial charge on any atom is -0.393 e. The first-order chi connectivity index (χ1) is 8.15. The van der Waals surface area contributed by atoms with Crippen LogP contribution >= 0.6 is 11.6 Å². The largest absolute Gasteiger partial charge is 0.393 e. The zero-order valence-electron chi connectivity index (χ0n) is 9.37. The van der Waals surface area contributed by atoms with E-state index in [1.54, 1.807) is 0 Å². The molecule has 0 bridgehead atoms. The molecule has 1 saturated carbocycles. The van der Waals surface area contributed by atoms with Crippen LogP contribution < -0.4 is 5.32 Å². The Morgan fingerprint density at radius 3 is 2.82 bits per heavy atom. The van der Waals surface area contributed by atoms with E-state index in [0.717, 1.165) is 31.9 Å². The number of aromatic nitrogens is 2. The van der Waals surface area contributed by atoms with Gasteiger partial charge in [0.1, 0.15) is 0 Å². The van der Waals surface area contributed by atoms with Crippen LogP contribution in [0.1, 0.15) is 25.7 Å². The standard InChI is InChI=1S/C11H15ClFN3O/c12-11-15-6-9(13)10(16-11)14-5-7-1-3-8(17)4-2-7/h6-8,17H,1-5H2,(H,14,15,16). The van der Waals surface area contributed by atoms with Gasteiger partial charge in [0.2, 0.25) is 5.28 Å². The third-order valence-electron chi connectivity index (χ3n) is 3.09. The number of nitrogens with one attached hydrogen (secondary N) is 1. The minimum atomic E-state index is -0.495. The summed E-state index contributed by atoms with van der Waals surface area (Å²) in [5, 5.41) is 12.4. The van der Waals surface area contributed by atoms with Gasteiger partial charge in [-0.2, -0.15) is 4.98 Å². The molecule has 0 radical (unpaired) electrons. The van der Waals surface area contributed by atoms with Crippen molar-refractivity contribution in [1.29, 1.82) is 0 Å². The molecule has 2 rings (SSSR count). The van der Waals surface area contributed by atoms with E-state index in [1.165, 1.54) is 0 Å². The van der Waals surface area contributed by atoms with Crippen molar-refractivity contribution >= 4 is 17.4 Å². The molecule has 0 amide bonds. The summed E-state index contributed by atoms with van der Waals surface area (Å²) >= 11 is 5.60. The van der Waals surface area contributed by atoms with Gasteiger partial charge >= 0.3 is 0 Å². The monoisotopic (exact) mass is 259 g/mol. The Morgan fingerprint density at radius 1 is 1.41 bits per heavy atom. The summed E-state index contributed by atoms with van der Waals surface area (Å²) in [7, 11) is 0. The first kappa shape index (κ1) is 12.5. The van der Waals surface area contributed by atoms with E-state index in [4.69, 9.17) is 11.6 Å². The van der Waals surface area contributed by atoms with Gasteiger partial charge in [0.05, 0.1) is 12.3 Å². The average Bonchev–Trinajstić information content (AvgIpc) is 2.32. The second-order valence-corrected chi connectivity index (χ2v) is 4.73. The molecule has 0 atom stereocenters. The smallest absolute Gasteiger partial charge is 0.224 e. The summed E-state index contributed by atoms with van der Waals surface area (Å²) in [6, 6.07) is 0. The van der Waals surface area contributed by atoms with Gasteiger partial charge in [-0.3, -0.25) is 0 Å². The van der Waals surface area contributed by atoms with Crippen molar-refractivity contribution in [2.45, 2.75) is 31.8 Å². The molecule has 0 aliphatic heterocycles. The second-order valence-electron chi connectivity index (χ2n) is 4.39. The predicted octanol–water partition coefficient (Wildman–Crippen LogP) is 2.23. The molecule has 1 aromatic heterocycles. The zero-order chi connectivity index (χ0) is 12.3. The number of aliphatic hydroxyl groups excluding tert-OH is 1. The fraction of sp³-hybridized carbons (Fsp3) is 0.636. The van der Waals surface area contributed by atoms with Gasteiger partial charge in [-0.05, 0) is 43.2 Å². The van der Waals surface area contributed by atoms with Crippen LogP contribution in [0.25, 0.3) is 0 Å². The average molecular weight is 260 g/mol. The van der Waals surface area contributed by atoms with E-state index in [2.05, 4.69) is 15.3 Å². The molecular weight excluding hydrogens is 245 g/mol. The van der Waals surface area contributed by atoms with Gasteiger partial charge in [-0.1, -0.05) is 0 Å². The highest BCUT2D eigenvalue weighted by molar-refractivity contribution is 6.28. The minimum absolute atomic E-state index is 0.0352. The van der Waals surface area contributed by atoms with Crippen molar-refractivity contribution in [3.8, 4) is 0 Å². The Bertz CT molecular complexity index is 383. The third kappa shape index (κ3) is 3.51. The van der Waals surface area contributed by atoms with E-state index in [1.807, 2.05) is 0 Å². The summed E-state index contributed by atoms with van der Waals surface area (Å²) in [6.45, 7) is 0.650. The van der Waals surface area contributed by atoms with Crippen molar-refractivity contribution in [3.05, 3.63) is 17.3 Å². The molecule has 0 aromatic carbocycles. The Kier molecular flexibility index (Phi) is 4.12. The number of halogens is 2. The molecule has 4 nitrogen and oxygen atoms in total. The molecule has 1 aromatic rings. The maximum Gasteiger partial charge on any atom is 0.224 e. The van der Waals surface area contributed by atoms with Crippen LogP contribution in [0.5, 0.6) is 0 Å². The van der Waals surface area contributed by atoms with Gasteiger partial charge in [0.15, 0.2) is 11.6 Å². The van der Waals surface area contributed by atoms with Crippen molar-refractivity contribution in [2.24, 2.45) is 5.92 Å². The SMILES string of the molecule is OC1CCC(CNc2nc(Cl)ncc2F)CC1. The molecule has 17 heavy (non-hydrogen) atoms. The number of nitrogens with zero attached hydrogens (tertiary/aromatic N) is 2. The quantitative estimate of drug-likeness (QED) is 0.818. The fourth-order valence-corrected chi connectivity index (χ4v) is 2.19. The molecule has 1 aliphatic rings. The van der Waals surface area contributed by atoms with Gasteiger partial charge in [0, 0.05) is 6.54 Å². The number of rotatable bonds is 3. The van der Waals surface area contributed by atoms with E-state index in [9.17, 15) is 9.50 Å². The lowest BCUT2D eigenvalue weighted by Gasteiger charge is -2.25. The number of anilines is 1. The predicted molar refractivity (Wildman–Crippen MR) is 63.5 cm³/mol. The van der Waals surface area contributed by atoms with Crippen molar-refractivity contribution in [2.75, 3.05) is 11.9 Å². The fourth-order valence-electron chi connectivity index (χ4n) is 2.06. The number of hydrogen-bond donors (Lipinski definition) is 2. The molecule has 1 heterocycles. The normalized spacial score (nSPS) is 24.6. The number of hydrogen-bond acceptors (Lipinski definition) is 4. The Morgan fingerprint density at radius 2 is 2.12 bits per heavy atom. The Balaban J connectivity index is 1.87. The van der Waals surface area contributed by atoms with E-state index < -0.39 is 5.82 Å². The Hall–Kier alpha value is -0.940. The van der Waals surface area contributed by atoms with Gasteiger partial charge in [-0.25, -0.2) is 9.37 Å². The highest BCUT2D eigenvalue weighted by atomic mass is 35.5. The lowest BCUT2D eigenvalue weighted by atomic mass is 9.87. The summed E-state index contributed by atoms with van der Waals surface area (Å²) < 4.78 is 13.3. The third-order valence-corrected chi connectivity index (χ3v) is 3.27. The van der Waals surface area contributed by atoms with Gasteiger partial charge in [-0.15, -0.1) is 0 Å². The van der Waals surface area contributed by atoms with E-state index in [-0.39, 0.29) is 17.2 Å². The van der Waals surface area contributed by atoms with Crippen LogP contribution in [-0.4, -0.2) is 27.7 Å². The molecule has 1 aliphatic carbocycles. The van der Waals surface area contributed by atoms with Crippen molar-refractivity contribution in [3.63, 3.8) is 0 Å². The van der Waals surface area contributed by atoms with Crippen LogP contribution in [0.15, 0.2) is 6.20 Å². The lowest BCUT2D eigenvalue weighted by molar-refractivity contribution is 0.111. The first-order valence-corrected chi connectivity index (χ1v) is 6.13. The highest BCUT2D eigenvalue weighted by Crippen LogP contribution is 2.24. The molecule has 0 spiro atoms. The topological polar surface area (TPSA) is 58.0 Å². The van der Waals surface area contributed by atoms with Crippen LogP contribution in [0.3, 0.4) is 0 Å². The second kappa shape index (κ2) is 5.60. The van der Waals surface area contributed by atoms with E-state index >= 15 is 0 Å². The molecule has 0 unspecified atom stereocenters. The zero-order valence-corrected chi connectivity index (χ0v) is 10.1. The first-order valence-electron chi connectivity index (χ1n) is 5.75. The van der Waals surface area contributed by atoms with Crippen LogP contribution in [0.4, 0.5) is 10.2 Å². The summed E-state index contributed by atoms with van der Waals surface area (Å²) in [6.07, 6.45) is 4.43. The maximum absolute atomic E-state index is 13.3. The van der Waals surface area contributed by atoms with Crippen LogP contribution in [0, 0.1) is 11.7 Å². The molecular formula is C11H15ClFN3O. The van der Waals surface area contributed by atoms with Crippen molar-refractivity contribution in [1.82, 2.24) is 9.97 Å². The Labute approximate surface area is 104 Å².